The van der Waals surface area contributed by atoms with E-state index in [1.54, 1.807) is 24.7 Å². The van der Waals surface area contributed by atoms with Gasteiger partial charge in [-0.3, -0.25) is 0 Å². The van der Waals surface area contributed by atoms with Crippen LogP contribution in [-0.2, 0) is 24.6 Å². The lowest BCUT2D eigenvalue weighted by Gasteiger charge is -2.21. The predicted molar refractivity (Wildman–Crippen MR) is 143 cm³/mol. The van der Waals surface area contributed by atoms with Crippen molar-refractivity contribution in [1.29, 1.82) is 5.26 Å². The Morgan fingerprint density at radius 2 is 1.71 bits per heavy atom. The van der Waals surface area contributed by atoms with Crippen molar-refractivity contribution >= 4 is 23.2 Å². The molecule has 192 valence electrons. The van der Waals surface area contributed by atoms with Crippen molar-refractivity contribution in [3.63, 3.8) is 0 Å². The second kappa shape index (κ2) is 11.1. The number of hydrogen-bond donors (Lipinski definition) is 0. The molecule has 5 rings (SSSR count). The molecular formula is C30H23ClF3N3O. The third-order valence-electron chi connectivity index (χ3n) is 6.34. The summed E-state index contributed by atoms with van der Waals surface area (Å²) in [5.74, 6) is 0. The lowest BCUT2D eigenvalue weighted by molar-refractivity contribution is -0.137. The van der Waals surface area contributed by atoms with Crippen LogP contribution in [0.1, 0.15) is 34.1 Å². The van der Waals surface area contributed by atoms with E-state index in [2.05, 4.69) is 11.1 Å². The zero-order chi connectivity index (χ0) is 26.0. The van der Waals surface area contributed by atoms with Crippen LogP contribution in [0.2, 0.25) is 0 Å². The van der Waals surface area contributed by atoms with Crippen LogP contribution in [0.3, 0.4) is 0 Å². The first-order chi connectivity index (χ1) is 17.8. The lowest BCUT2D eigenvalue weighted by atomic mass is 9.92. The number of benzene rings is 4. The number of fused-ring (bicyclic) bond motifs is 1. The molecule has 0 saturated carbocycles. The maximum absolute atomic E-state index is 13.2. The number of halogens is 4. The smallest absolute Gasteiger partial charge is 0.363 e. The predicted octanol–water partition coefficient (Wildman–Crippen LogP) is 7.86. The maximum atomic E-state index is 13.2. The minimum Gasteiger partial charge on any atom is -0.363 e. The summed E-state index contributed by atoms with van der Waals surface area (Å²) in [4.78, 5) is 4.21. The largest absolute Gasteiger partial charge is 0.416 e. The van der Waals surface area contributed by atoms with Gasteiger partial charge in [0.15, 0.2) is 0 Å². The highest BCUT2D eigenvalue weighted by Crippen LogP contribution is 2.36. The molecule has 4 aromatic carbocycles. The van der Waals surface area contributed by atoms with Crippen LogP contribution in [0.25, 0.3) is 21.9 Å². The van der Waals surface area contributed by atoms with Crippen LogP contribution in [0.5, 0.6) is 0 Å². The summed E-state index contributed by atoms with van der Waals surface area (Å²) in [6.07, 6.45) is -1.74. The van der Waals surface area contributed by atoms with Crippen LogP contribution in [0, 0.1) is 11.3 Å². The normalized spacial score (nSPS) is 12.1. The highest BCUT2D eigenvalue weighted by Gasteiger charge is 2.30. The van der Waals surface area contributed by atoms with Crippen LogP contribution in [-0.4, -0.2) is 9.55 Å². The molecule has 0 aliphatic carbocycles. The van der Waals surface area contributed by atoms with Crippen molar-refractivity contribution in [2.24, 2.45) is 7.05 Å². The second-order valence-electron chi connectivity index (χ2n) is 8.76. The van der Waals surface area contributed by atoms with Crippen molar-refractivity contribution in [3.05, 3.63) is 125 Å². The number of nitriles is 1. The highest BCUT2D eigenvalue weighted by atomic mass is 35.5. The second-order valence-corrected chi connectivity index (χ2v) is 8.76. The Morgan fingerprint density at radius 3 is 2.45 bits per heavy atom. The van der Waals surface area contributed by atoms with Crippen LogP contribution in [0.15, 0.2) is 97.5 Å². The fourth-order valence-electron chi connectivity index (χ4n) is 4.50. The Bertz CT molecular complexity index is 1620. The summed E-state index contributed by atoms with van der Waals surface area (Å²) < 4.78 is 47.7. The summed E-state index contributed by atoms with van der Waals surface area (Å²) in [5, 5.41) is 11.9. The molecule has 5 aromatic rings. The van der Waals surface area contributed by atoms with E-state index in [1.165, 1.54) is 6.07 Å². The van der Waals surface area contributed by atoms with Gasteiger partial charge >= 0.3 is 6.18 Å². The van der Waals surface area contributed by atoms with Gasteiger partial charge < -0.3 is 9.30 Å². The third-order valence-corrected chi connectivity index (χ3v) is 6.34. The summed E-state index contributed by atoms with van der Waals surface area (Å²) in [6, 6.07) is 26.8. The van der Waals surface area contributed by atoms with E-state index in [4.69, 9.17) is 4.74 Å². The van der Waals surface area contributed by atoms with Crippen molar-refractivity contribution in [3.8, 4) is 17.2 Å². The van der Waals surface area contributed by atoms with E-state index >= 15 is 0 Å². The Labute approximate surface area is 224 Å². The van der Waals surface area contributed by atoms with Gasteiger partial charge in [0.2, 0.25) is 0 Å². The number of aryl methyl sites for hydroxylation is 1. The van der Waals surface area contributed by atoms with E-state index in [-0.39, 0.29) is 19.0 Å². The molecule has 0 fully saturated rings. The molecule has 8 heteroatoms. The Balaban J connectivity index is 0.00000336. The summed E-state index contributed by atoms with van der Waals surface area (Å²) in [5.41, 5.74) is 3.37. The Morgan fingerprint density at radius 1 is 0.947 bits per heavy atom. The summed E-state index contributed by atoms with van der Waals surface area (Å²) >= 11 is 0. The van der Waals surface area contributed by atoms with E-state index < -0.39 is 17.8 Å². The van der Waals surface area contributed by atoms with Crippen molar-refractivity contribution in [2.45, 2.75) is 18.9 Å². The van der Waals surface area contributed by atoms with Gasteiger partial charge in [0, 0.05) is 12.6 Å². The van der Waals surface area contributed by atoms with Crippen LogP contribution in [0.4, 0.5) is 13.2 Å². The minimum atomic E-state index is -4.43. The van der Waals surface area contributed by atoms with Crippen LogP contribution < -0.4 is 0 Å². The molecule has 0 bridgehead atoms. The maximum Gasteiger partial charge on any atom is 0.416 e. The molecule has 1 atom stereocenters. The first-order valence-corrected chi connectivity index (χ1v) is 11.6. The molecule has 0 spiro atoms. The van der Waals surface area contributed by atoms with Crippen molar-refractivity contribution < 1.29 is 17.9 Å². The van der Waals surface area contributed by atoms with E-state index in [1.807, 2.05) is 66.2 Å². The molecule has 1 aromatic heterocycles. The zero-order valence-corrected chi connectivity index (χ0v) is 21.1. The lowest BCUT2D eigenvalue weighted by Crippen LogP contribution is -2.11. The van der Waals surface area contributed by atoms with Gasteiger partial charge in [-0.2, -0.15) is 18.4 Å². The molecule has 0 aliphatic rings. The zero-order valence-electron chi connectivity index (χ0n) is 20.3. The molecule has 0 saturated heterocycles. The van der Waals surface area contributed by atoms with Gasteiger partial charge in [-0.1, -0.05) is 60.7 Å². The fourth-order valence-corrected chi connectivity index (χ4v) is 4.50. The molecule has 0 amide bonds. The molecule has 38 heavy (non-hydrogen) atoms. The molecule has 1 heterocycles. The number of ether oxygens (including phenoxy) is 1. The number of hydrogen-bond acceptors (Lipinski definition) is 3. The first-order valence-electron chi connectivity index (χ1n) is 11.6. The van der Waals surface area contributed by atoms with Gasteiger partial charge in [-0.25, -0.2) is 4.98 Å². The number of alkyl halides is 3. The average molecular weight is 534 g/mol. The highest BCUT2D eigenvalue weighted by molar-refractivity contribution is 5.97. The van der Waals surface area contributed by atoms with Gasteiger partial charge in [-0.15, -0.1) is 12.4 Å². The van der Waals surface area contributed by atoms with E-state index in [9.17, 15) is 18.4 Å². The number of nitrogens with zero attached hydrogens (tertiary/aromatic N) is 3. The van der Waals surface area contributed by atoms with Gasteiger partial charge in [0.05, 0.1) is 42.0 Å². The van der Waals surface area contributed by atoms with Crippen LogP contribution >= 0.6 is 12.4 Å². The SMILES string of the molecule is Cl.Cn1cncc1C(OCc1cccc(C(F)(F)F)c1)c1ccc(C#N)c(-c2cccc3ccccc23)c1. The first kappa shape index (κ1) is 26.9. The van der Waals surface area contributed by atoms with E-state index in [0.29, 0.717) is 11.1 Å². The van der Waals surface area contributed by atoms with E-state index in [0.717, 1.165) is 45.3 Å². The van der Waals surface area contributed by atoms with Gasteiger partial charge in [0.1, 0.15) is 6.10 Å². The molecular weight excluding hydrogens is 511 g/mol. The number of imidazole rings is 1. The summed E-state index contributed by atoms with van der Waals surface area (Å²) in [7, 11) is 1.83. The molecule has 0 N–H and O–H groups in total. The third kappa shape index (κ3) is 5.42. The Hall–Kier alpha value is -4.12. The molecule has 0 radical (unpaired) electrons. The summed E-state index contributed by atoms with van der Waals surface area (Å²) in [6.45, 7) is -0.0383. The number of rotatable bonds is 6. The molecule has 4 nitrogen and oxygen atoms in total. The van der Waals surface area contributed by atoms with Gasteiger partial charge in [-0.05, 0) is 51.7 Å². The van der Waals surface area contributed by atoms with Crippen molar-refractivity contribution in [1.82, 2.24) is 9.55 Å². The quantitative estimate of drug-likeness (QED) is 0.223. The van der Waals surface area contributed by atoms with Crippen molar-refractivity contribution in [2.75, 3.05) is 0 Å². The molecule has 0 aliphatic heterocycles. The minimum absolute atomic E-state index is 0. The monoisotopic (exact) mass is 533 g/mol. The molecule has 1 unspecified atom stereocenters. The average Bonchev–Trinajstić information content (AvgIpc) is 3.33. The fraction of sp³-hybridized carbons (Fsp3) is 0.133. The standard InChI is InChI=1S/C30H22F3N3O.ClH/c1-36-19-35-17-28(36)29(37-18-20-6-4-9-24(14-20)30(31,32)33)22-12-13-23(16-34)27(15-22)26-11-5-8-21-7-2-3-10-25(21)26;/h2-15,17,19,29H,18H2,1H3;1H. The number of aromatic nitrogens is 2. The Kier molecular flexibility index (Phi) is 7.86. The van der Waals surface area contributed by atoms with Gasteiger partial charge in [0.25, 0.3) is 0 Å². The topological polar surface area (TPSA) is 50.8 Å².